The van der Waals surface area contributed by atoms with E-state index in [1.54, 1.807) is 22.2 Å². The lowest BCUT2D eigenvalue weighted by molar-refractivity contribution is -0.136. The fourth-order valence-corrected chi connectivity index (χ4v) is 2.70. The maximum absolute atomic E-state index is 12.8. The number of carbonyl (C=O) groups is 2. The molecular weight excluding hydrogens is 254 g/mol. The molecule has 1 aliphatic rings. The van der Waals surface area contributed by atoms with Crippen LogP contribution in [-0.2, 0) is 9.59 Å². The standard InChI is InChI=1S/C15H21N3O2/c1-3-13(18-11-5-6-14(18)19)15(20)17(4-2)12-7-9-16-10-8-12/h7-10,13H,3-6,11H2,1-2H3. The second-order valence-electron chi connectivity index (χ2n) is 4.90. The van der Waals surface area contributed by atoms with E-state index < -0.39 is 0 Å². The largest absolute Gasteiger partial charge is 0.331 e. The number of aromatic nitrogens is 1. The first-order valence-corrected chi connectivity index (χ1v) is 7.19. The molecule has 1 atom stereocenters. The van der Waals surface area contributed by atoms with Crippen molar-refractivity contribution in [3.05, 3.63) is 24.5 Å². The monoisotopic (exact) mass is 275 g/mol. The molecule has 20 heavy (non-hydrogen) atoms. The molecule has 1 fully saturated rings. The van der Waals surface area contributed by atoms with Gasteiger partial charge in [-0.2, -0.15) is 0 Å². The normalized spacial score (nSPS) is 16.3. The Morgan fingerprint density at radius 3 is 2.60 bits per heavy atom. The summed E-state index contributed by atoms with van der Waals surface area (Å²) in [5.41, 5.74) is 0.831. The molecule has 0 radical (unpaired) electrons. The van der Waals surface area contributed by atoms with Crippen LogP contribution in [0.15, 0.2) is 24.5 Å². The molecule has 1 aliphatic heterocycles. The van der Waals surface area contributed by atoms with Crippen LogP contribution >= 0.6 is 0 Å². The number of carbonyl (C=O) groups excluding carboxylic acids is 2. The molecule has 0 aromatic carbocycles. The van der Waals surface area contributed by atoms with Crippen molar-refractivity contribution in [3.8, 4) is 0 Å². The van der Waals surface area contributed by atoms with Gasteiger partial charge in [-0.05, 0) is 31.9 Å². The third kappa shape index (κ3) is 2.81. The van der Waals surface area contributed by atoms with Gasteiger partial charge in [-0.3, -0.25) is 14.6 Å². The zero-order valence-corrected chi connectivity index (χ0v) is 12.1. The van der Waals surface area contributed by atoms with E-state index in [4.69, 9.17) is 0 Å². The average molecular weight is 275 g/mol. The third-order valence-electron chi connectivity index (χ3n) is 3.71. The minimum Gasteiger partial charge on any atom is -0.331 e. The van der Waals surface area contributed by atoms with Gasteiger partial charge in [-0.15, -0.1) is 0 Å². The maximum Gasteiger partial charge on any atom is 0.249 e. The lowest BCUT2D eigenvalue weighted by Crippen LogP contribution is -2.49. The highest BCUT2D eigenvalue weighted by atomic mass is 16.2. The Morgan fingerprint density at radius 2 is 2.10 bits per heavy atom. The number of nitrogens with zero attached hydrogens (tertiary/aromatic N) is 3. The Hall–Kier alpha value is -1.91. The number of likely N-dealkylation sites (N-methyl/N-ethyl adjacent to an activating group) is 1. The summed E-state index contributed by atoms with van der Waals surface area (Å²) in [6, 6.07) is 3.29. The highest BCUT2D eigenvalue weighted by molar-refractivity contribution is 5.99. The van der Waals surface area contributed by atoms with E-state index >= 15 is 0 Å². The number of hydrogen-bond donors (Lipinski definition) is 0. The van der Waals surface area contributed by atoms with Crippen LogP contribution in [0.25, 0.3) is 0 Å². The topological polar surface area (TPSA) is 53.5 Å². The smallest absolute Gasteiger partial charge is 0.249 e. The van der Waals surface area contributed by atoms with Crippen molar-refractivity contribution in [2.24, 2.45) is 0 Å². The Kier molecular flexibility index (Phi) is 4.71. The number of amides is 2. The number of likely N-dealkylation sites (tertiary alicyclic amines) is 1. The number of rotatable bonds is 5. The van der Waals surface area contributed by atoms with E-state index in [2.05, 4.69) is 4.98 Å². The van der Waals surface area contributed by atoms with Crippen molar-refractivity contribution in [3.63, 3.8) is 0 Å². The molecular formula is C15H21N3O2. The Morgan fingerprint density at radius 1 is 1.40 bits per heavy atom. The van der Waals surface area contributed by atoms with Gasteiger partial charge in [0.05, 0.1) is 0 Å². The summed E-state index contributed by atoms with van der Waals surface area (Å²) in [5, 5.41) is 0. The van der Waals surface area contributed by atoms with Gasteiger partial charge >= 0.3 is 0 Å². The van der Waals surface area contributed by atoms with E-state index in [-0.39, 0.29) is 17.9 Å². The van der Waals surface area contributed by atoms with Gasteiger partial charge in [-0.1, -0.05) is 6.92 Å². The molecule has 5 nitrogen and oxygen atoms in total. The summed E-state index contributed by atoms with van der Waals surface area (Å²) >= 11 is 0. The molecule has 2 heterocycles. The van der Waals surface area contributed by atoms with Gasteiger partial charge in [0.2, 0.25) is 11.8 Å². The van der Waals surface area contributed by atoms with Gasteiger partial charge in [0.25, 0.3) is 0 Å². The van der Waals surface area contributed by atoms with Crippen molar-refractivity contribution in [1.29, 1.82) is 0 Å². The lowest BCUT2D eigenvalue weighted by Gasteiger charge is -2.31. The van der Waals surface area contributed by atoms with Crippen LogP contribution in [0.1, 0.15) is 33.1 Å². The lowest BCUT2D eigenvalue weighted by atomic mass is 10.1. The van der Waals surface area contributed by atoms with Gasteiger partial charge in [0.15, 0.2) is 0 Å². The predicted octanol–water partition coefficient (Wildman–Crippen LogP) is 1.84. The van der Waals surface area contributed by atoms with Gasteiger partial charge < -0.3 is 9.80 Å². The summed E-state index contributed by atoms with van der Waals surface area (Å²) in [5.74, 6) is 0.0902. The molecule has 0 spiro atoms. The average Bonchev–Trinajstić information content (AvgIpc) is 2.88. The fourth-order valence-electron chi connectivity index (χ4n) is 2.70. The Labute approximate surface area is 119 Å². The molecule has 1 aromatic heterocycles. The van der Waals surface area contributed by atoms with Crippen molar-refractivity contribution < 1.29 is 9.59 Å². The molecule has 0 N–H and O–H groups in total. The summed E-state index contributed by atoms with van der Waals surface area (Å²) in [6.07, 6.45) is 5.40. The third-order valence-corrected chi connectivity index (χ3v) is 3.71. The van der Waals surface area contributed by atoms with Crippen LogP contribution in [0.5, 0.6) is 0 Å². The minimum atomic E-state index is -0.349. The van der Waals surface area contributed by atoms with Crippen molar-refractivity contribution in [2.75, 3.05) is 18.0 Å². The second-order valence-corrected chi connectivity index (χ2v) is 4.90. The zero-order valence-electron chi connectivity index (χ0n) is 12.1. The van der Waals surface area contributed by atoms with Crippen LogP contribution < -0.4 is 4.90 Å². The molecule has 1 aromatic rings. The zero-order chi connectivity index (χ0) is 14.5. The Balaban J connectivity index is 2.20. The molecule has 0 aliphatic carbocycles. The summed E-state index contributed by atoms with van der Waals surface area (Å²) in [7, 11) is 0. The first-order valence-electron chi connectivity index (χ1n) is 7.19. The molecule has 1 saturated heterocycles. The summed E-state index contributed by atoms with van der Waals surface area (Å²) < 4.78 is 0. The van der Waals surface area contributed by atoms with E-state index in [9.17, 15) is 9.59 Å². The second kappa shape index (κ2) is 6.50. The van der Waals surface area contributed by atoms with Crippen LogP contribution in [-0.4, -0.2) is 40.8 Å². The SMILES string of the molecule is CCC(C(=O)N(CC)c1ccncc1)N1CCCC1=O. The highest BCUT2D eigenvalue weighted by Gasteiger charge is 2.34. The van der Waals surface area contributed by atoms with Crippen molar-refractivity contribution in [2.45, 2.75) is 39.2 Å². The molecule has 0 bridgehead atoms. The van der Waals surface area contributed by atoms with Crippen LogP contribution in [0.2, 0.25) is 0 Å². The minimum absolute atomic E-state index is 0.00329. The van der Waals surface area contributed by atoms with Gasteiger partial charge in [0.1, 0.15) is 6.04 Å². The van der Waals surface area contributed by atoms with Crippen LogP contribution in [0, 0.1) is 0 Å². The number of hydrogen-bond acceptors (Lipinski definition) is 3. The molecule has 0 saturated carbocycles. The van der Waals surface area contributed by atoms with Crippen LogP contribution in [0.4, 0.5) is 5.69 Å². The van der Waals surface area contributed by atoms with E-state index in [0.717, 1.165) is 12.1 Å². The Bertz CT molecular complexity index is 475. The fraction of sp³-hybridized carbons (Fsp3) is 0.533. The summed E-state index contributed by atoms with van der Waals surface area (Å²) in [6.45, 7) is 5.17. The maximum atomic E-state index is 12.8. The van der Waals surface area contributed by atoms with E-state index in [1.165, 1.54) is 0 Å². The number of pyridine rings is 1. The summed E-state index contributed by atoms with van der Waals surface area (Å²) in [4.78, 5) is 32.0. The molecule has 1 unspecified atom stereocenters. The molecule has 2 amide bonds. The first-order chi connectivity index (χ1) is 9.69. The molecule has 108 valence electrons. The highest BCUT2D eigenvalue weighted by Crippen LogP contribution is 2.20. The van der Waals surface area contributed by atoms with E-state index in [0.29, 0.717) is 25.9 Å². The van der Waals surface area contributed by atoms with Gasteiger partial charge in [-0.25, -0.2) is 0 Å². The molecule has 5 heteroatoms. The predicted molar refractivity (Wildman–Crippen MR) is 77.3 cm³/mol. The van der Waals surface area contributed by atoms with Gasteiger partial charge in [0, 0.05) is 37.6 Å². The van der Waals surface area contributed by atoms with Crippen molar-refractivity contribution in [1.82, 2.24) is 9.88 Å². The van der Waals surface area contributed by atoms with Crippen molar-refractivity contribution >= 4 is 17.5 Å². The van der Waals surface area contributed by atoms with Crippen LogP contribution in [0.3, 0.4) is 0 Å². The number of anilines is 1. The quantitative estimate of drug-likeness (QED) is 0.824. The first kappa shape index (κ1) is 14.5. The molecule has 2 rings (SSSR count). The van der Waals surface area contributed by atoms with E-state index in [1.807, 2.05) is 26.0 Å².